The molecule has 0 N–H and O–H groups in total. The molecule has 10 aromatic rings. The highest BCUT2D eigenvalue weighted by Gasteiger charge is 2.60. The first kappa shape index (κ1) is 52.1. The molecule has 0 spiro atoms. The van der Waals surface area contributed by atoms with Gasteiger partial charge >= 0.3 is 0 Å². The molecule has 2 aromatic heterocycles. The van der Waals surface area contributed by atoms with Gasteiger partial charge in [-0.15, -0.1) is 0 Å². The summed E-state index contributed by atoms with van der Waals surface area (Å²) in [6, 6.07) is 62.4. The number of hydrogen-bond donors (Lipinski definition) is 0. The van der Waals surface area contributed by atoms with E-state index in [2.05, 4.69) is 267 Å². The van der Waals surface area contributed by atoms with E-state index in [-0.39, 0.29) is 44.9 Å². The van der Waals surface area contributed by atoms with Gasteiger partial charge < -0.3 is 19.1 Å². The Morgan fingerprint density at radius 3 is 1.61 bits per heavy atom. The van der Waals surface area contributed by atoms with E-state index >= 15 is 0 Å². The number of nitrogens with zero attached hydrogens (tertiary/aromatic N) is 4. The Bertz CT molecular complexity index is 4450. The van der Waals surface area contributed by atoms with Gasteiger partial charge in [0.1, 0.15) is 5.58 Å². The van der Waals surface area contributed by atoms with Crippen LogP contribution in [0.2, 0.25) is 0 Å². The summed E-state index contributed by atoms with van der Waals surface area (Å²) >= 11 is 0. The molecule has 2 saturated carbocycles. The van der Waals surface area contributed by atoms with E-state index in [9.17, 15) is 0 Å². The topological polar surface area (TPSA) is 27.8 Å². The second kappa shape index (κ2) is 17.1. The quantitative estimate of drug-likeness (QED) is 0.164. The molecule has 16 rings (SSSR count). The highest BCUT2D eigenvalue weighted by Crippen LogP contribution is 2.64. The zero-order valence-electron chi connectivity index (χ0n) is 51.9. The lowest BCUT2D eigenvalue weighted by molar-refractivity contribution is 0.195. The van der Waals surface area contributed by atoms with E-state index in [0.29, 0.717) is 0 Å². The van der Waals surface area contributed by atoms with Crippen molar-refractivity contribution >= 4 is 95.9 Å². The van der Waals surface area contributed by atoms with E-state index < -0.39 is 0 Å². The number of furan rings is 1. The van der Waals surface area contributed by atoms with Crippen LogP contribution in [0.25, 0.3) is 49.8 Å². The SMILES string of the molecule is CC(C)(C)c1ccc(N2c3cc(N4c5ccc(C(C)(C)C)cc5C5(C)CCCCC45C)ccc3B3c4c2cc(N2c5ccc(C(C)(C)C)cc5C5(C)CCCCC25C)cc4-n2c4oc5ccccc5c4c4cccc3c42)c(-c2ccccc2)c1. The molecule has 8 aromatic carbocycles. The van der Waals surface area contributed by atoms with Crippen LogP contribution in [0, 0.1) is 0 Å². The molecule has 6 aliphatic rings. The van der Waals surface area contributed by atoms with Gasteiger partial charge in [-0.1, -0.05) is 205 Å². The fraction of sp³-hybridized carbons (Fsp3) is 0.359. The molecule has 4 unspecified atom stereocenters. The molecule has 0 amide bonds. The van der Waals surface area contributed by atoms with E-state index in [1.165, 1.54) is 149 Å². The van der Waals surface area contributed by atoms with Crippen LogP contribution in [0.4, 0.5) is 39.8 Å². The van der Waals surface area contributed by atoms with Crippen LogP contribution in [0.5, 0.6) is 0 Å². The molecule has 4 atom stereocenters. The lowest BCUT2D eigenvalue weighted by Gasteiger charge is -2.51. The maximum atomic E-state index is 7.24. The fourth-order valence-corrected chi connectivity index (χ4v) is 17.7. The number of benzene rings is 8. The smallest absolute Gasteiger partial charge is 0.252 e. The molecule has 6 heterocycles. The molecule has 84 heavy (non-hydrogen) atoms. The lowest BCUT2D eigenvalue weighted by atomic mass is 9.33. The largest absolute Gasteiger partial charge is 0.439 e. The van der Waals surface area contributed by atoms with Crippen molar-refractivity contribution < 1.29 is 4.42 Å². The predicted molar refractivity (Wildman–Crippen MR) is 357 cm³/mol. The molecule has 0 radical (unpaired) electrons. The van der Waals surface area contributed by atoms with Gasteiger partial charge in [-0.05, 0) is 160 Å². The third-order valence-electron chi connectivity index (χ3n) is 22.8. The maximum absolute atomic E-state index is 7.24. The molecular weight excluding hydrogens is 1020 g/mol. The highest BCUT2D eigenvalue weighted by molar-refractivity contribution is 7.00. The first-order chi connectivity index (χ1) is 40.0. The molecule has 0 bridgehead atoms. The van der Waals surface area contributed by atoms with Crippen molar-refractivity contribution in [2.45, 2.75) is 180 Å². The first-order valence-electron chi connectivity index (χ1n) is 31.7. The van der Waals surface area contributed by atoms with Crippen LogP contribution in [0.15, 0.2) is 162 Å². The molecular formula is C78H81BN4O. The van der Waals surface area contributed by atoms with Gasteiger partial charge in [-0.25, -0.2) is 0 Å². The summed E-state index contributed by atoms with van der Waals surface area (Å²) < 4.78 is 9.79. The number of rotatable bonds is 4. The van der Waals surface area contributed by atoms with Gasteiger partial charge in [0.25, 0.3) is 6.71 Å². The molecule has 2 fully saturated rings. The monoisotopic (exact) mass is 1100 g/mol. The van der Waals surface area contributed by atoms with Gasteiger partial charge in [-0.2, -0.15) is 0 Å². The van der Waals surface area contributed by atoms with Crippen LogP contribution >= 0.6 is 0 Å². The van der Waals surface area contributed by atoms with Crippen molar-refractivity contribution in [3.8, 4) is 16.8 Å². The van der Waals surface area contributed by atoms with Gasteiger partial charge in [0, 0.05) is 67.0 Å². The third-order valence-corrected chi connectivity index (χ3v) is 22.8. The Morgan fingerprint density at radius 2 is 0.976 bits per heavy atom. The van der Waals surface area contributed by atoms with Crippen LogP contribution in [-0.4, -0.2) is 22.4 Å². The van der Waals surface area contributed by atoms with Crippen molar-refractivity contribution in [1.82, 2.24) is 4.57 Å². The van der Waals surface area contributed by atoms with Crippen LogP contribution in [-0.2, 0) is 27.1 Å². The fourth-order valence-electron chi connectivity index (χ4n) is 17.7. The van der Waals surface area contributed by atoms with Gasteiger partial charge in [0.15, 0.2) is 0 Å². The Labute approximate surface area is 498 Å². The molecule has 2 aliphatic carbocycles. The van der Waals surface area contributed by atoms with Gasteiger partial charge in [0.05, 0.1) is 27.7 Å². The summed E-state index contributed by atoms with van der Waals surface area (Å²) in [5.41, 5.74) is 26.3. The Balaban J connectivity index is 1.04. The van der Waals surface area contributed by atoms with Crippen LogP contribution in [0.1, 0.15) is 169 Å². The molecule has 6 heteroatoms. The Hall–Kier alpha value is -7.44. The van der Waals surface area contributed by atoms with Gasteiger partial charge in [-0.3, -0.25) is 4.57 Å². The molecule has 422 valence electrons. The minimum atomic E-state index is -0.191. The molecule has 5 nitrogen and oxygen atoms in total. The van der Waals surface area contributed by atoms with E-state index in [0.717, 1.165) is 35.9 Å². The van der Waals surface area contributed by atoms with Crippen LogP contribution in [0.3, 0.4) is 0 Å². The normalized spacial score (nSPS) is 23.2. The first-order valence-corrected chi connectivity index (χ1v) is 31.7. The average molecular weight is 1100 g/mol. The average Bonchev–Trinajstić information content (AvgIpc) is 1.39. The van der Waals surface area contributed by atoms with E-state index in [1.807, 2.05) is 0 Å². The summed E-state index contributed by atoms with van der Waals surface area (Å²) in [6.07, 6.45) is 9.48. The Kier molecular flexibility index (Phi) is 10.6. The predicted octanol–water partition coefficient (Wildman–Crippen LogP) is 19.2. The minimum absolute atomic E-state index is 0.0192. The van der Waals surface area contributed by atoms with Crippen molar-refractivity contribution in [3.05, 3.63) is 186 Å². The van der Waals surface area contributed by atoms with Crippen molar-refractivity contribution in [3.63, 3.8) is 0 Å². The van der Waals surface area contributed by atoms with Crippen molar-refractivity contribution in [2.24, 2.45) is 0 Å². The summed E-state index contributed by atoms with van der Waals surface area (Å²) in [5.74, 6) is 0. The third kappa shape index (κ3) is 6.80. The highest BCUT2D eigenvalue weighted by atomic mass is 16.3. The lowest BCUT2D eigenvalue weighted by Crippen LogP contribution is -2.61. The number of anilines is 7. The maximum Gasteiger partial charge on any atom is 0.252 e. The zero-order valence-corrected chi connectivity index (χ0v) is 51.9. The molecule has 4 aliphatic heterocycles. The van der Waals surface area contributed by atoms with E-state index in [1.54, 1.807) is 0 Å². The number of fused-ring (bicyclic) bond motifs is 15. The standard InChI is InChI=1S/C78H81BN4O/c1-72(2,3)49-30-35-61(56(42-49)48-24-15-14-16-25-48)80-64-45-52(82-62-36-31-50(73(4,5)6)43-57(62)75(10)38-19-21-40-77(75,82)12)33-34-59(64)79-60-28-23-27-55-68-54-26-17-18-29-67(54)84-71(68)81(70(55)60)66-47-53(46-65(80)69(66)79)83-63-37-32-51(74(7,8)9)44-58(63)76(11)39-20-22-41-78(76,83)13/h14-18,23-37,42-47H,19-22,38-41H2,1-13H3. The van der Waals surface area contributed by atoms with Crippen molar-refractivity contribution in [1.29, 1.82) is 0 Å². The van der Waals surface area contributed by atoms with Crippen molar-refractivity contribution in [2.75, 3.05) is 14.7 Å². The second-order valence-electron chi connectivity index (χ2n) is 30.4. The van der Waals surface area contributed by atoms with E-state index in [4.69, 9.17) is 4.42 Å². The number of hydrogen-bond acceptors (Lipinski definition) is 4. The second-order valence-corrected chi connectivity index (χ2v) is 30.4. The number of para-hydroxylation sites is 2. The summed E-state index contributed by atoms with van der Waals surface area (Å²) in [7, 11) is 0. The Morgan fingerprint density at radius 1 is 0.440 bits per heavy atom. The number of aromatic nitrogens is 1. The summed E-state index contributed by atoms with van der Waals surface area (Å²) in [4.78, 5) is 8.38. The minimum Gasteiger partial charge on any atom is -0.439 e. The van der Waals surface area contributed by atoms with Gasteiger partial charge in [0.2, 0.25) is 5.71 Å². The summed E-state index contributed by atoms with van der Waals surface area (Å²) in [6.45, 7) is 31.6. The molecule has 0 saturated heterocycles. The zero-order chi connectivity index (χ0) is 58.0. The summed E-state index contributed by atoms with van der Waals surface area (Å²) in [5, 5.41) is 3.60. The van der Waals surface area contributed by atoms with Crippen LogP contribution < -0.4 is 31.1 Å².